The van der Waals surface area contributed by atoms with Crippen molar-refractivity contribution in [3.63, 3.8) is 0 Å². The van der Waals surface area contributed by atoms with Crippen molar-refractivity contribution in [2.45, 2.75) is 50.5 Å². The third kappa shape index (κ3) is 3.15. The lowest BCUT2D eigenvalue weighted by Crippen LogP contribution is -2.49. The van der Waals surface area contributed by atoms with Gasteiger partial charge in [0.1, 0.15) is 0 Å². The van der Waals surface area contributed by atoms with Crippen molar-refractivity contribution in [2.24, 2.45) is 5.92 Å². The number of likely N-dealkylation sites (tertiary alicyclic amines) is 1. The molecule has 5 heteroatoms. The van der Waals surface area contributed by atoms with Crippen LogP contribution in [0.4, 0.5) is 8.78 Å². The molecule has 0 amide bonds. The molecule has 0 spiro atoms. The second-order valence-electron chi connectivity index (χ2n) is 5.27. The quantitative estimate of drug-likeness (QED) is 0.814. The summed E-state index contributed by atoms with van der Waals surface area (Å²) < 4.78 is 26.6. The molecular weight excluding hydrogens is 228 g/mol. The molecule has 0 aromatic carbocycles. The fourth-order valence-electron chi connectivity index (χ4n) is 3.00. The smallest absolute Gasteiger partial charge is 0.306 e. The number of rotatable bonds is 2. The van der Waals surface area contributed by atoms with Gasteiger partial charge in [-0.25, -0.2) is 8.78 Å². The van der Waals surface area contributed by atoms with Crippen LogP contribution < -0.4 is 0 Å². The Balaban J connectivity index is 1.86. The Labute approximate surface area is 99.8 Å². The summed E-state index contributed by atoms with van der Waals surface area (Å²) >= 11 is 0. The first kappa shape index (κ1) is 12.7. The van der Waals surface area contributed by atoms with Crippen LogP contribution in [0.1, 0.15) is 38.5 Å². The molecule has 1 heterocycles. The van der Waals surface area contributed by atoms with E-state index in [1.165, 1.54) is 0 Å². The van der Waals surface area contributed by atoms with Gasteiger partial charge in [0, 0.05) is 12.5 Å². The van der Waals surface area contributed by atoms with Gasteiger partial charge in [0.2, 0.25) is 0 Å². The minimum Gasteiger partial charge on any atom is -0.481 e. The molecule has 3 nitrogen and oxygen atoms in total. The zero-order valence-corrected chi connectivity index (χ0v) is 9.87. The standard InChI is InChI=1S/C12H19F2NO2/c13-12(14)6-1-7-15(8-12)10-4-2-9(3-5-10)11(16)17/h9-10H,1-8H2,(H,16,17). The van der Waals surface area contributed by atoms with E-state index < -0.39 is 11.9 Å². The molecule has 0 radical (unpaired) electrons. The first-order valence-corrected chi connectivity index (χ1v) is 6.33. The molecule has 2 fully saturated rings. The summed E-state index contributed by atoms with van der Waals surface area (Å²) in [6.07, 6.45) is 3.28. The van der Waals surface area contributed by atoms with Gasteiger partial charge in [0.15, 0.2) is 0 Å². The molecule has 1 aliphatic carbocycles. The molecule has 1 saturated carbocycles. The molecule has 0 unspecified atom stereocenters. The Morgan fingerprint density at radius 2 is 1.88 bits per heavy atom. The maximum absolute atomic E-state index is 13.3. The lowest BCUT2D eigenvalue weighted by atomic mass is 9.84. The van der Waals surface area contributed by atoms with Gasteiger partial charge in [-0.1, -0.05) is 0 Å². The number of hydrogen-bond acceptors (Lipinski definition) is 2. The molecule has 0 aromatic heterocycles. The molecule has 1 N–H and O–H groups in total. The number of carbonyl (C=O) groups is 1. The van der Waals surface area contributed by atoms with E-state index >= 15 is 0 Å². The average Bonchev–Trinajstić information content (AvgIpc) is 2.28. The highest BCUT2D eigenvalue weighted by molar-refractivity contribution is 5.70. The zero-order valence-electron chi connectivity index (χ0n) is 9.87. The predicted molar refractivity (Wildman–Crippen MR) is 59.1 cm³/mol. The number of alkyl halides is 2. The molecule has 0 aromatic rings. The van der Waals surface area contributed by atoms with Crippen LogP contribution in [0.25, 0.3) is 0 Å². The third-order valence-corrected chi connectivity index (χ3v) is 3.98. The van der Waals surface area contributed by atoms with Crippen molar-refractivity contribution in [1.29, 1.82) is 0 Å². The average molecular weight is 247 g/mol. The molecule has 0 atom stereocenters. The molecule has 98 valence electrons. The minimum absolute atomic E-state index is 0.00598. The van der Waals surface area contributed by atoms with Gasteiger partial charge >= 0.3 is 5.97 Å². The number of nitrogens with zero attached hydrogens (tertiary/aromatic N) is 1. The number of piperidine rings is 1. The van der Waals surface area contributed by atoms with Crippen LogP contribution in [0.3, 0.4) is 0 Å². The minimum atomic E-state index is -2.55. The zero-order chi connectivity index (χ0) is 12.5. The van der Waals surface area contributed by atoms with Crippen molar-refractivity contribution < 1.29 is 18.7 Å². The summed E-state index contributed by atoms with van der Waals surface area (Å²) in [5.74, 6) is -3.56. The highest BCUT2D eigenvalue weighted by atomic mass is 19.3. The molecule has 1 saturated heterocycles. The predicted octanol–water partition coefficient (Wildman–Crippen LogP) is 2.36. The lowest BCUT2D eigenvalue weighted by Gasteiger charge is -2.40. The highest BCUT2D eigenvalue weighted by Crippen LogP contribution is 2.33. The summed E-state index contributed by atoms with van der Waals surface area (Å²) in [6, 6.07) is 0.164. The lowest BCUT2D eigenvalue weighted by molar-refractivity contribution is -0.143. The fraction of sp³-hybridized carbons (Fsp3) is 0.917. The van der Waals surface area contributed by atoms with Gasteiger partial charge in [0.25, 0.3) is 5.92 Å². The van der Waals surface area contributed by atoms with Crippen molar-refractivity contribution >= 4 is 5.97 Å². The second-order valence-corrected chi connectivity index (χ2v) is 5.27. The van der Waals surface area contributed by atoms with Crippen molar-refractivity contribution in [3.05, 3.63) is 0 Å². The van der Waals surface area contributed by atoms with E-state index in [1.54, 1.807) is 0 Å². The Hall–Kier alpha value is -0.710. The maximum Gasteiger partial charge on any atom is 0.306 e. The Bertz CT molecular complexity index is 288. The van der Waals surface area contributed by atoms with Crippen molar-refractivity contribution in [2.75, 3.05) is 13.1 Å². The van der Waals surface area contributed by atoms with Crippen LogP contribution in [0.2, 0.25) is 0 Å². The van der Waals surface area contributed by atoms with E-state index in [0.717, 1.165) is 19.4 Å². The third-order valence-electron chi connectivity index (χ3n) is 3.98. The van der Waals surface area contributed by atoms with Crippen LogP contribution in [0, 0.1) is 5.92 Å². The van der Waals surface area contributed by atoms with Crippen molar-refractivity contribution in [1.82, 2.24) is 4.90 Å². The van der Waals surface area contributed by atoms with E-state index in [4.69, 9.17) is 5.11 Å². The van der Waals surface area contributed by atoms with E-state index in [9.17, 15) is 13.6 Å². The van der Waals surface area contributed by atoms with E-state index in [1.807, 2.05) is 4.90 Å². The number of aliphatic carboxylic acids is 1. The molecule has 0 bridgehead atoms. The number of halogens is 2. The maximum atomic E-state index is 13.3. The first-order valence-electron chi connectivity index (χ1n) is 6.33. The van der Waals surface area contributed by atoms with Gasteiger partial charge in [-0.2, -0.15) is 0 Å². The summed E-state index contributed by atoms with van der Waals surface area (Å²) in [5, 5.41) is 8.88. The number of carboxylic acids is 1. The van der Waals surface area contributed by atoms with Gasteiger partial charge < -0.3 is 5.11 Å². The molecule has 2 aliphatic rings. The van der Waals surface area contributed by atoms with Gasteiger partial charge in [0.05, 0.1) is 12.5 Å². The largest absolute Gasteiger partial charge is 0.481 e. The van der Waals surface area contributed by atoms with Crippen LogP contribution in [-0.4, -0.2) is 41.0 Å². The Morgan fingerprint density at radius 1 is 1.24 bits per heavy atom. The van der Waals surface area contributed by atoms with E-state index in [-0.39, 0.29) is 24.9 Å². The van der Waals surface area contributed by atoms with Crippen LogP contribution in [0.15, 0.2) is 0 Å². The summed E-state index contributed by atoms with van der Waals surface area (Å²) in [6.45, 7) is 0.591. The molecule has 1 aliphatic heterocycles. The van der Waals surface area contributed by atoms with Crippen LogP contribution >= 0.6 is 0 Å². The van der Waals surface area contributed by atoms with Crippen LogP contribution in [-0.2, 0) is 4.79 Å². The summed E-state index contributed by atoms with van der Waals surface area (Å²) in [7, 11) is 0. The number of hydrogen-bond donors (Lipinski definition) is 1. The molecule has 17 heavy (non-hydrogen) atoms. The Morgan fingerprint density at radius 3 is 2.41 bits per heavy atom. The summed E-state index contributed by atoms with van der Waals surface area (Å²) in [4.78, 5) is 12.7. The van der Waals surface area contributed by atoms with Crippen molar-refractivity contribution in [3.8, 4) is 0 Å². The van der Waals surface area contributed by atoms with E-state index in [0.29, 0.717) is 19.3 Å². The Kier molecular flexibility index (Phi) is 3.66. The van der Waals surface area contributed by atoms with E-state index in [2.05, 4.69) is 0 Å². The normalized spacial score (nSPS) is 34.5. The molecular formula is C12H19F2NO2. The molecule has 2 rings (SSSR count). The van der Waals surface area contributed by atoms with Crippen LogP contribution in [0.5, 0.6) is 0 Å². The first-order chi connectivity index (χ1) is 7.98. The monoisotopic (exact) mass is 247 g/mol. The van der Waals surface area contributed by atoms with Gasteiger partial charge in [-0.05, 0) is 38.6 Å². The van der Waals surface area contributed by atoms with Gasteiger partial charge in [-0.15, -0.1) is 0 Å². The van der Waals surface area contributed by atoms with Gasteiger partial charge in [-0.3, -0.25) is 9.69 Å². The highest BCUT2D eigenvalue weighted by Gasteiger charge is 2.39. The summed E-state index contributed by atoms with van der Waals surface area (Å²) in [5.41, 5.74) is 0. The topological polar surface area (TPSA) is 40.5 Å². The second kappa shape index (κ2) is 4.88. The SMILES string of the molecule is O=C(O)C1CCC(N2CCCC(F)(F)C2)CC1. The number of carboxylic acid groups (broad SMARTS) is 1. The fourth-order valence-corrected chi connectivity index (χ4v) is 3.00.